The molecule has 0 saturated heterocycles. The summed E-state index contributed by atoms with van der Waals surface area (Å²) in [4.78, 5) is 10.7. The predicted octanol–water partition coefficient (Wildman–Crippen LogP) is 12.4. The molecule has 0 N–H and O–H groups in total. The van der Waals surface area contributed by atoms with E-state index in [4.69, 9.17) is 14.4 Å². The maximum Gasteiger partial charge on any atom is 0.160 e. The van der Waals surface area contributed by atoms with Crippen molar-refractivity contribution in [2.45, 2.75) is 12.3 Å². The van der Waals surface area contributed by atoms with Crippen molar-refractivity contribution < 1.29 is 4.42 Å². The van der Waals surface area contributed by atoms with Crippen molar-refractivity contribution in [2.75, 3.05) is 0 Å². The first kappa shape index (κ1) is 29.3. The number of hydrogen-bond donors (Lipinski definition) is 0. The molecule has 1 unspecified atom stereocenters. The second kappa shape index (κ2) is 11.5. The number of furan rings is 1. The van der Waals surface area contributed by atoms with Gasteiger partial charge in [-0.3, -0.25) is 0 Å². The van der Waals surface area contributed by atoms with Crippen molar-refractivity contribution in [1.29, 1.82) is 0 Å². The predicted molar refractivity (Wildman–Crippen MR) is 208 cm³/mol. The zero-order valence-electron chi connectivity index (χ0n) is 28.0. The summed E-state index contributed by atoms with van der Waals surface area (Å²) in [6.45, 7) is 2.35. The third-order valence-corrected chi connectivity index (χ3v) is 10.6. The summed E-state index contributed by atoms with van der Waals surface area (Å²) in [6.07, 6.45) is 0. The van der Waals surface area contributed by atoms with Crippen LogP contribution in [-0.2, 0) is 5.41 Å². The van der Waals surface area contributed by atoms with E-state index in [0.717, 1.165) is 61.1 Å². The Balaban J connectivity index is 1.19. The molecule has 0 fully saturated rings. The molecule has 240 valence electrons. The molecule has 0 aliphatic heterocycles. The van der Waals surface area contributed by atoms with Gasteiger partial charge in [-0.05, 0) is 58.5 Å². The zero-order valence-corrected chi connectivity index (χ0v) is 28.0. The maximum absolute atomic E-state index is 6.44. The zero-order chi connectivity index (χ0) is 33.9. The smallest absolute Gasteiger partial charge is 0.160 e. The summed E-state index contributed by atoms with van der Waals surface area (Å²) in [5.74, 6) is 0.711. The topological polar surface area (TPSA) is 38.9 Å². The molecule has 3 heteroatoms. The largest absolute Gasteiger partial charge is 0.455 e. The van der Waals surface area contributed by atoms with E-state index in [1.54, 1.807) is 0 Å². The average Bonchev–Trinajstić information content (AvgIpc) is 3.72. The molecule has 51 heavy (non-hydrogen) atoms. The van der Waals surface area contributed by atoms with Crippen LogP contribution < -0.4 is 0 Å². The molecule has 1 aliphatic carbocycles. The Kier molecular flexibility index (Phi) is 6.62. The van der Waals surface area contributed by atoms with Gasteiger partial charge in [0, 0.05) is 38.4 Å². The van der Waals surface area contributed by atoms with Crippen LogP contribution in [0.4, 0.5) is 0 Å². The average molecular weight is 653 g/mol. The number of aromatic nitrogens is 2. The van der Waals surface area contributed by atoms with Crippen LogP contribution in [0.5, 0.6) is 0 Å². The standard InChI is InChI=1S/C48H32N2O/c1-48(34-19-6-3-7-20-34)41-27-10-8-21-36(41)38-24-14-26-40(45(38)48)47-49-42(31-15-4-2-5-16-31)30-43(50-47)33-18-12-17-32(29-33)35-23-13-25-39-37-22-9-11-28-44(37)51-46(35)39/h2-30H,1H3. The van der Waals surface area contributed by atoms with Crippen LogP contribution in [0, 0.1) is 0 Å². The van der Waals surface area contributed by atoms with Crippen molar-refractivity contribution in [3.8, 4) is 56.2 Å². The van der Waals surface area contributed by atoms with E-state index < -0.39 is 0 Å². The normalized spacial score (nSPS) is 14.8. The van der Waals surface area contributed by atoms with E-state index in [9.17, 15) is 0 Å². The van der Waals surface area contributed by atoms with Gasteiger partial charge in [-0.15, -0.1) is 0 Å². The van der Waals surface area contributed by atoms with Crippen LogP contribution in [0.25, 0.3) is 78.1 Å². The van der Waals surface area contributed by atoms with Crippen molar-refractivity contribution in [2.24, 2.45) is 0 Å². The minimum absolute atomic E-state index is 0.388. The third-order valence-electron chi connectivity index (χ3n) is 10.6. The highest BCUT2D eigenvalue weighted by atomic mass is 16.3. The molecule has 3 nitrogen and oxygen atoms in total. The molecule has 2 aromatic heterocycles. The lowest BCUT2D eigenvalue weighted by atomic mass is 9.72. The number of rotatable bonds is 5. The van der Waals surface area contributed by atoms with Crippen LogP contribution in [0.15, 0.2) is 180 Å². The Morgan fingerprint density at radius 3 is 1.90 bits per heavy atom. The summed E-state index contributed by atoms with van der Waals surface area (Å²) in [7, 11) is 0. The molecule has 1 atom stereocenters. The fourth-order valence-electron chi connectivity index (χ4n) is 8.15. The Bertz CT molecular complexity index is 2760. The van der Waals surface area contributed by atoms with Gasteiger partial charge in [0.05, 0.1) is 11.4 Å². The fraction of sp³-hybridized carbons (Fsp3) is 0.0417. The number of para-hydroxylation sites is 2. The first-order chi connectivity index (χ1) is 25.2. The summed E-state index contributed by atoms with van der Waals surface area (Å²) in [6, 6.07) is 62.0. The lowest BCUT2D eigenvalue weighted by molar-refractivity contribution is 0.670. The van der Waals surface area contributed by atoms with E-state index in [2.05, 4.69) is 165 Å². The van der Waals surface area contributed by atoms with Gasteiger partial charge in [0.2, 0.25) is 0 Å². The summed E-state index contributed by atoms with van der Waals surface area (Å²) >= 11 is 0. The Labute approximate surface area is 296 Å². The van der Waals surface area contributed by atoms with Gasteiger partial charge in [0.1, 0.15) is 11.2 Å². The second-order valence-electron chi connectivity index (χ2n) is 13.5. The molecule has 0 spiro atoms. The van der Waals surface area contributed by atoms with Crippen LogP contribution in [0.3, 0.4) is 0 Å². The lowest BCUT2D eigenvalue weighted by Crippen LogP contribution is -2.23. The van der Waals surface area contributed by atoms with Gasteiger partial charge in [-0.25, -0.2) is 9.97 Å². The molecule has 9 aromatic rings. The SMILES string of the molecule is CC1(c2ccccc2)c2ccccc2-c2cccc(-c3nc(-c4ccccc4)cc(-c4cccc(-c5cccc6c5oc5ccccc56)c4)n3)c21. The van der Waals surface area contributed by atoms with Crippen molar-refractivity contribution in [3.05, 3.63) is 193 Å². The lowest BCUT2D eigenvalue weighted by Gasteiger charge is -2.30. The molecule has 1 aliphatic rings. The van der Waals surface area contributed by atoms with Gasteiger partial charge in [0.25, 0.3) is 0 Å². The molecule has 0 saturated carbocycles. The number of hydrogen-bond acceptors (Lipinski definition) is 3. The minimum atomic E-state index is -0.388. The number of fused-ring (bicyclic) bond motifs is 6. The molecular weight excluding hydrogens is 621 g/mol. The van der Waals surface area contributed by atoms with Crippen molar-refractivity contribution >= 4 is 21.9 Å². The Hall–Kier alpha value is -6.58. The van der Waals surface area contributed by atoms with Crippen LogP contribution >= 0.6 is 0 Å². The highest BCUT2D eigenvalue weighted by Crippen LogP contribution is 2.55. The van der Waals surface area contributed by atoms with E-state index in [0.29, 0.717) is 5.82 Å². The van der Waals surface area contributed by atoms with Crippen molar-refractivity contribution in [1.82, 2.24) is 9.97 Å². The Morgan fingerprint density at radius 1 is 0.451 bits per heavy atom. The first-order valence-electron chi connectivity index (χ1n) is 17.4. The van der Waals surface area contributed by atoms with E-state index in [1.165, 1.54) is 27.8 Å². The quantitative estimate of drug-likeness (QED) is 0.186. The van der Waals surface area contributed by atoms with E-state index in [-0.39, 0.29) is 5.41 Å². The summed E-state index contributed by atoms with van der Waals surface area (Å²) in [5.41, 5.74) is 14.6. The molecule has 0 radical (unpaired) electrons. The molecule has 2 heterocycles. The van der Waals surface area contributed by atoms with Crippen LogP contribution in [-0.4, -0.2) is 9.97 Å². The van der Waals surface area contributed by atoms with E-state index >= 15 is 0 Å². The maximum atomic E-state index is 6.44. The number of benzene rings is 7. The molecule has 0 amide bonds. The molecule has 7 aromatic carbocycles. The fourth-order valence-corrected chi connectivity index (χ4v) is 8.15. The highest BCUT2D eigenvalue weighted by Gasteiger charge is 2.42. The van der Waals surface area contributed by atoms with Crippen molar-refractivity contribution in [3.63, 3.8) is 0 Å². The molecule has 0 bridgehead atoms. The molecule has 10 rings (SSSR count). The van der Waals surface area contributed by atoms with Gasteiger partial charge >= 0.3 is 0 Å². The van der Waals surface area contributed by atoms with E-state index in [1.807, 2.05) is 18.2 Å². The number of nitrogens with zero attached hydrogens (tertiary/aromatic N) is 2. The monoisotopic (exact) mass is 652 g/mol. The van der Waals surface area contributed by atoms with Gasteiger partial charge < -0.3 is 4.42 Å². The third kappa shape index (κ3) is 4.59. The Morgan fingerprint density at radius 2 is 1.04 bits per heavy atom. The molecular formula is C48H32N2O. The van der Waals surface area contributed by atoms with Crippen LogP contribution in [0.1, 0.15) is 23.6 Å². The summed E-state index contributed by atoms with van der Waals surface area (Å²) < 4.78 is 6.44. The van der Waals surface area contributed by atoms with Crippen LogP contribution in [0.2, 0.25) is 0 Å². The highest BCUT2D eigenvalue weighted by molar-refractivity contribution is 6.09. The van der Waals surface area contributed by atoms with Gasteiger partial charge in [0.15, 0.2) is 5.82 Å². The minimum Gasteiger partial charge on any atom is -0.455 e. The van der Waals surface area contributed by atoms with Gasteiger partial charge in [-0.1, -0.05) is 158 Å². The van der Waals surface area contributed by atoms with Gasteiger partial charge in [-0.2, -0.15) is 0 Å². The summed E-state index contributed by atoms with van der Waals surface area (Å²) in [5, 5.41) is 2.24. The second-order valence-corrected chi connectivity index (χ2v) is 13.5. The first-order valence-corrected chi connectivity index (χ1v) is 17.4.